The van der Waals surface area contributed by atoms with Crippen LogP contribution in [0.25, 0.3) is 0 Å². The molecule has 3 nitrogen and oxygen atoms in total. The van der Waals surface area contributed by atoms with Crippen LogP contribution in [0.5, 0.6) is 11.6 Å². The molecule has 0 bridgehead atoms. The number of pyridine rings is 1. The van der Waals surface area contributed by atoms with E-state index in [0.29, 0.717) is 5.88 Å². The van der Waals surface area contributed by atoms with Crippen molar-refractivity contribution in [2.45, 2.75) is 39.7 Å². The maximum Gasteiger partial charge on any atom is 0.223 e. The van der Waals surface area contributed by atoms with Crippen LogP contribution in [0.15, 0.2) is 36.5 Å². The van der Waals surface area contributed by atoms with Crippen LogP contribution in [0, 0.1) is 6.92 Å². The minimum atomic E-state index is 0.0271. The second kappa shape index (κ2) is 6.27. The summed E-state index contributed by atoms with van der Waals surface area (Å²) in [4.78, 5) is 4.38. The van der Waals surface area contributed by atoms with E-state index in [2.05, 4.69) is 50.1 Å². The Balaban J connectivity index is 2.41. The summed E-state index contributed by atoms with van der Waals surface area (Å²) >= 11 is 0. The van der Waals surface area contributed by atoms with Gasteiger partial charge < -0.3 is 10.1 Å². The minimum Gasteiger partial charge on any atom is -0.438 e. The van der Waals surface area contributed by atoms with E-state index in [1.165, 1.54) is 11.1 Å². The third kappa shape index (κ3) is 3.82. The summed E-state index contributed by atoms with van der Waals surface area (Å²) in [5.41, 5.74) is 3.52. The largest absolute Gasteiger partial charge is 0.438 e. The first-order chi connectivity index (χ1) is 9.91. The fraction of sp³-hybridized carbons (Fsp3) is 0.389. The van der Waals surface area contributed by atoms with Gasteiger partial charge in [0.05, 0.1) is 0 Å². The van der Waals surface area contributed by atoms with E-state index >= 15 is 0 Å². The molecular weight excluding hydrogens is 260 g/mol. The van der Waals surface area contributed by atoms with Gasteiger partial charge in [-0.05, 0) is 31.5 Å². The molecule has 0 fully saturated rings. The second-order valence-electron chi connectivity index (χ2n) is 6.35. The van der Waals surface area contributed by atoms with Gasteiger partial charge in [0.25, 0.3) is 0 Å². The number of hydrogen-bond donors (Lipinski definition) is 1. The average molecular weight is 284 g/mol. The van der Waals surface area contributed by atoms with Crippen molar-refractivity contribution in [3.05, 3.63) is 53.2 Å². The third-order valence-corrected chi connectivity index (χ3v) is 3.37. The number of nitrogens with zero attached hydrogens (tertiary/aromatic N) is 1. The zero-order valence-electron chi connectivity index (χ0n) is 13.5. The normalized spacial score (nSPS) is 11.5. The highest BCUT2D eigenvalue weighted by Crippen LogP contribution is 2.35. The lowest BCUT2D eigenvalue weighted by Crippen LogP contribution is -2.13. The van der Waals surface area contributed by atoms with E-state index in [-0.39, 0.29) is 5.41 Å². The van der Waals surface area contributed by atoms with Crippen molar-refractivity contribution in [1.29, 1.82) is 0 Å². The predicted molar refractivity (Wildman–Crippen MR) is 87.0 cm³/mol. The maximum absolute atomic E-state index is 6.12. The van der Waals surface area contributed by atoms with Crippen molar-refractivity contribution < 1.29 is 4.74 Å². The van der Waals surface area contributed by atoms with Crippen molar-refractivity contribution in [2.75, 3.05) is 7.05 Å². The van der Waals surface area contributed by atoms with E-state index in [9.17, 15) is 0 Å². The van der Waals surface area contributed by atoms with Crippen molar-refractivity contribution in [2.24, 2.45) is 0 Å². The Bertz CT molecular complexity index is 615. The van der Waals surface area contributed by atoms with Crippen molar-refractivity contribution in [3.63, 3.8) is 0 Å². The number of aryl methyl sites for hydroxylation is 1. The molecule has 0 aliphatic rings. The highest BCUT2D eigenvalue weighted by atomic mass is 16.5. The topological polar surface area (TPSA) is 34.2 Å². The van der Waals surface area contributed by atoms with Crippen molar-refractivity contribution >= 4 is 0 Å². The number of hydrogen-bond acceptors (Lipinski definition) is 3. The second-order valence-corrected chi connectivity index (χ2v) is 6.35. The number of nitrogens with one attached hydrogen (secondary N) is 1. The molecule has 0 radical (unpaired) electrons. The Morgan fingerprint density at radius 1 is 1.19 bits per heavy atom. The summed E-state index contributed by atoms with van der Waals surface area (Å²) in [5, 5.41) is 3.14. The molecule has 0 saturated heterocycles. The first-order valence-electron chi connectivity index (χ1n) is 7.29. The molecule has 1 aromatic carbocycles. The van der Waals surface area contributed by atoms with Gasteiger partial charge in [0.2, 0.25) is 5.88 Å². The fourth-order valence-electron chi connectivity index (χ4n) is 2.26. The molecule has 2 rings (SSSR count). The van der Waals surface area contributed by atoms with E-state index in [1.54, 1.807) is 6.20 Å². The molecule has 0 unspecified atom stereocenters. The highest BCUT2D eigenvalue weighted by Gasteiger charge is 2.20. The average Bonchev–Trinajstić information content (AvgIpc) is 2.42. The quantitative estimate of drug-likeness (QED) is 0.913. The SMILES string of the molecule is CNCc1cccnc1Oc1ccc(C)cc1C(C)(C)C. The molecule has 1 heterocycles. The zero-order chi connectivity index (χ0) is 15.5. The number of rotatable bonds is 4. The molecule has 0 aliphatic carbocycles. The monoisotopic (exact) mass is 284 g/mol. The van der Waals surface area contributed by atoms with Gasteiger partial charge in [0, 0.05) is 23.9 Å². The van der Waals surface area contributed by atoms with Gasteiger partial charge in [0.15, 0.2) is 0 Å². The molecular formula is C18H24N2O. The van der Waals surface area contributed by atoms with Crippen LogP contribution >= 0.6 is 0 Å². The van der Waals surface area contributed by atoms with E-state index in [1.807, 2.05) is 25.2 Å². The van der Waals surface area contributed by atoms with Crippen molar-refractivity contribution in [1.82, 2.24) is 10.3 Å². The Morgan fingerprint density at radius 3 is 2.62 bits per heavy atom. The summed E-state index contributed by atoms with van der Waals surface area (Å²) in [6.45, 7) is 9.43. The van der Waals surface area contributed by atoms with E-state index in [4.69, 9.17) is 4.74 Å². The standard InChI is InChI=1S/C18H24N2O/c1-13-8-9-16(15(11-13)18(2,3)4)21-17-14(12-19-5)7-6-10-20-17/h6-11,19H,12H2,1-5H3. The molecule has 2 aromatic rings. The van der Waals surface area contributed by atoms with Crippen LogP contribution in [0.3, 0.4) is 0 Å². The Labute approximate surface area is 127 Å². The molecule has 0 aliphatic heterocycles. The van der Waals surface area contributed by atoms with Crippen LogP contribution in [-0.2, 0) is 12.0 Å². The first-order valence-corrected chi connectivity index (χ1v) is 7.29. The Hall–Kier alpha value is -1.87. The van der Waals surface area contributed by atoms with Crippen LogP contribution < -0.4 is 10.1 Å². The third-order valence-electron chi connectivity index (χ3n) is 3.37. The zero-order valence-corrected chi connectivity index (χ0v) is 13.5. The predicted octanol–water partition coefficient (Wildman–Crippen LogP) is 4.20. The summed E-state index contributed by atoms with van der Waals surface area (Å²) in [6, 6.07) is 10.3. The highest BCUT2D eigenvalue weighted by molar-refractivity contribution is 5.44. The maximum atomic E-state index is 6.12. The van der Waals surface area contributed by atoms with Gasteiger partial charge in [-0.1, -0.05) is 44.5 Å². The van der Waals surface area contributed by atoms with Gasteiger partial charge in [-0.2, -0.15) is 0 Å². The molecule has 1 N–H and O–H groups in total. The molecule has 0 atom stereocenters. The van der Waals surface area contributed by atoms with Gasteiger partial charge in [-0.3, -0.25) is 0 Å². The molecule has 21 heavy (non-hydrogen) atoms. The summed E-state index contributed by atoms with van der Waals surface area (Å²) in [5.74, 6) is 1.55. The van der Waals surface area contributed by atoms with E-state index < -0.39 is 0 Å². The summed E-state index contributed by atoms with van der Waals surface area (Å²) < 4.78 is 6.12. The number of ether oxygens (including phenoxy) is 1. The minimum absolute atomic E-state index is 0.0271. The Kier molecular flexibility index (Phi) is 4.63. The molecule has 0 saturated carbocycles. The van der Waals surface area contributed by atoms with Crippen molar-refractivity contribution in [3.8, 4) is 11.6 Å². The summed E-state index contributed by atoms with van der Waals surface area (Å²) in [6.07, 6.45) is 1.76. The molecule has 1 aromatic heterocycles. The van der Waals surface area contributed by atoms with Crippen LogP contribution in [0.1, 0.15) is 37.5 Å². The van der Waals surface area contributed by atoms with Gasteiger partial charge in [-0.25, -0.2) is 4.98 Å². The molecule has 0 amide bonds. The molecule has 112 valence electrons. The number of benzene rings is 1. The van der Waals surface area contributed by atoms with Gasteiger partial charge in [0.1, 0.15) is 5.75 Å². The fourth-order valence-corrected chi connectivity index (χ4v) is 2.26. The molecule has 0 spiro atoms. The lowest BCUT2D eigenvalue weighted by atomic mass is 9.85. The van der Waals surface area contributed by atoms with Crippen LogP contribution in [0.2, 0.25) is 0 Å². The number of aromatic nitrogens is 1. The first kappa shape index (κ1) is 15.5. The smallest absolute Gasteiger partial charge is 0.223 e. The summed E-state index contributed by atoms with van der Waals surface area (Å²) in [7, 11) is 1.92. The molecule has 3 heteroatoms. The Morgan fingerprint density at radius 2 is 1.95 bits per heavy atom. The lowest BCUT2D eigenvalue weighted by Gasteiger charge is -2.23. The van der Waals surface area contributed by atoms with Crippen LogP contribution in [0.4, 0.5) is 0 Å². The van der Waals surface area contributed by atoms with Crippen LogP contribution in [-0.4, -0.2) is 12.0 Å². The van der Waals surface area contributed by atoms with Gasteiger partial charge >= 0.3 is 0 Å². The van der Waals surface area contributed by atoms with Gasteiger partial charge in [-0.15, -0.1) is 0 Å². The van der Waals surface area contributed by atoms with E-state index in [0.717, 1.165) is 17.9 Å². The lowest BCUT2D eigenvalue weighted by molar-refractivity contribution is 0.433.